The summed E-state index contributed by atoms with van der Waals surface area (Å²) in [6.45, 7) is -0.0505. The molecule has 4 nitrogen and oxygen atoms in total. The van der Waals surface area contributed by atoms with Gasteiger partial charge in [-0.15, -0.1) is 0 Å². The summed E-state index contributed by atoms with van der Waals surface area (Å²) in [5, 5.41) is 26.4. The van der Waals surface area contributed by atoms with Crippen LogP contribution in [0, 0.1) is 5.92 Å². The van der Waals surface area contributed by atoms with Gasteiger partial charge in [0.15, 0.2) is 0 Å². The number of hydrogen-bond donors (Lipinski definition) is 3. The molecule has 0 aromatic heterocycles. The van der Waals surface area contributed by atoms with Gasteiger partial charge in [0.25, 0.3) is 0 Å². The van der Waals surface area contributed by atoms with Crippen molar-refractivity contribution < 1.29 is 20.1 Å². The fourth-order valence-electron chi connectivity index (χ4n) is 1.14. The van der Waals surface area contributed by atoms with Crippen LogP contribution in [0.3, 0.4) is 0 Å². The normalized spacial score (nSPS) is 40.5. The van der Waals surface area contributed by atoms with Crippen LogP contribution in [0.25, 0.3) is 0 Å². The van der Waals surface area contributed by atoms with Gasteiger partial charge in [-0.3, -0.25) is 0 Å². The van der Waals surface area contributed by atoms with E-state index in [-0.39, 0.29) is 31.8 Å². The van der Waals surface area contributed by atoms with Crippen molar-refractivity contribution in [1.29, 1.82) is 0 Å². The molecule has 1 rings (SSSR count). The number of aliphatic hydroxyl groups excluding tert-OH is 3. The molecule has 0 unspecified atom stereocenters. The highest BCUT2D eigenvalue weighted by molar-refractivity contribution is 4.82. The molecule has 0 radical (unpaired) electrons. The summed E-state index contributed by atoms with van der Waals surface area (Å²) in [6.07, 6.45) is -1.01. The second-order valence-corrected chi connectivity index (χ2v) is 2.47. The van der Waals surface area contributed by atoms with Crippen molar-refractivity contribution in [2.24, 2.45) is 5.92 Å². The Morgan fingerprint density at radius 2 is 2.00 bits per heavy atom. The molecule has 3 atom stereocenters. The third-order valence-electron chi connectivity index (χ3n) is 1.84. The van der Waals surface area contributed by atoms with E-state index >= 15 is 0 Å². The Balaban J connectivity index is 2.45. The summed E-state index contributed by atoms with van der Waals surface area (Å²) in [5.74, 6) is -0.315. The zero-order valence-corrected chi connectivity index (χ0v) is 5.60. The lowest BCUT2D eigenvalue weighted by atomic mass is 10.0. The van der Waals surface area contributed by atoms with Crippen molar-refractivity contribution in [3.63, 3.8) is 0 Å². The molecule has 10 heavy (non-hydrogen) atoms. The molecule has 1 aliphatic rings. The molecule has 1 heterocycles. The van der Waals surface area contributed by atoms with E-state index in [0.717, 1.165) is 0 Å². The Morgan fingerprint density at radius 1 is 1.30 bits per heavy atom. The lowest BCUT2D eigenvalue weighted by molar-refractivity contribution is 0.0260. The predicted molar refractivity (Wildman–Crippen MR) is 33.4 cm³/mol. The summed E-state index contributed by atoms with van der Waals surface area (Å²) >= 11 is 0. The molecule has 0 aromatic carbocycles. The van der Waals surface area contributed by atoms with Gasteiger partial charge in [0.05, 0.1) is 32.0 Å². The van der Waals surface area contributed by atoms with Gasteiger partial charge in [-0.05, 0) is 0 Å². The first-order valence-electron chi connectivity index (χ1n) is 3.31. The molecule has 0 amide bonds. The molecule has 0 spiro atoms. The van der Waals surface area contributed by atoms with E-state index in [4.69, 9.17) is 20.1 Å². The second kappa shape index (κ2) is 3.30. The van der Waals surface area contributed by atoms with Crippen LogP contribution in [-0.4, -0.2) is 47.3 Å². The molecular weight excluding hydrogens is 136 g/mol. The molecule has 60 valence electrons. The average Bonchev–Trinajstić information content (AvgIpc) is 2.30. The standard InChI is InChI=1S/C6H12O4/c7-1-4-5(9)3-10-6(4)2-8/h4-9H,1-3H2/t4-,5-,6+/m0/s1. The van der Waals surface area contributed by atoms with E-state index in [1.165, 1.54) is 0 Å². The van der Waals surface area contributed by atoms with Crippen molar-refractivity contribution in [3.05, 3.63) is 0 Å². The Morgan fingerprint density at radius 3 is 2.40 bits per heavy atom. The quantitative estimate of drug-likeness (QED) is 0.438. The van der Waals surface area contributed by atoms with Gasteiger partial charge < -0.3 is 20.1 Å². The number of rotatable bonds is 2. The van der Waals surface area contributed by atoms with Crippen LogP contribution in [0.4, 0.5) is 0 Å². The maximum atomic E-state index is 9.09. The molecule has 0 saturated carbocycles. The fraction of sp³-hybridized carbons (Fsp3) is 1.00. The van der Waals surface area contributed by atoms with E-state index < -0.39 is 6.10 Å². The van der Waals surface area contributed by atoms with Crippen LogP contribution >= 0.6 is 0 Å². The van der Waals surface area contributed by atoms with Gasteiger partial charge in [-0.25, -0.2) is 0 Å². The van der Waals surface area contributed by atoms with Crippen LogP contribution in [0.5, 0.6) is 0 Å². The fourth-order valence-corrected chi connectivity index (χ4v) is 1.14. The second-order valence-electron chi connectivity index (χ2n) is 2.47. The molecule has 0 aliphatic carbocycles. The smallest absolute Gasteiger partial charge is 0.0882 e. The minimum absolute atomic E-state index is 0.133. The summed E-state index contributed by atoms with van der Waals surface area (Å²) in [6, 6.07) is 0. The van der Waals surface area contributed by atoms with Crippen molar-refractivity contribution in [2.45, 2.75) is 12.2 Å². The Bertz CT molecular complexity index is 106. The van der Waals surface area contributed by atoms with Gasteiger partial charge in [0.1, 0.15) is 0 Å². The highest BCUT2D eigenvalue weighted by Crippen LogP contribution is 2.20. The van der Waals surface area contributed by atoms with Gasteiger partial charge in [0, 0.05) is 5.92 Å². The number of ether oxygens (including phenoxy) is 1. The average molecular weight is 148 g/mol. The Labute approximate surface area is 59.1 Å². The van der Waals surface area contributed by atoms with Gasteiger partial charge in [-0.1, -0.05) is 0 Å². The number of aliphatic hydroxyl groups is 3. The third kappa shape index (κ3) is 1.29. The first-order valence-corrected chi connectivity index (χ1v) is 3.31. The molecule has 1 fully saturated rings. The van der Waals surface area contributed by atoms with Crippen LogP contribution in [0.2, 0.25) is 0 Å². The lowest BCUT2D eigenvalue weighted by Crippen LogP contribution is -2.29. The zero-order valence-electron chi connectivity index (χ0n) is 5.60. The van der Waals surface area contributed by atoms with E-state index in [9.17, 15) is 0 Å². The molecule has 1 saturated heterocycles. The maximum Gasteiger partial charge on any atom is 0.0882 e. The van der Waals surface area contributed by atoms with Crippen molar-refractivity contribution in [1.82, 2.24) is 0 Å². The van der Waals surface area contributed by atoms with Crippen LogP contribution in [0.1, 0.15) is 0 Å². The highest BCUT2D eigenvalue weighted by atomic mass is 16.5. The van der Waals surface area contributed by atoms with E-state index in [1.54, 1.807) is 0 Å². The van der Waals surface area contributed by atoms with Crippen LogP contribution < -0.4 is 0 Å². The van der Waals surface area contributed by atoms with Crippen molar-refractivity contribution in [3.8, 4) is 0 Å². The van der Waals surface area contributed by atoms with Crippen LogP contribution in [0.15, 0.2) is 0 Å². The van der Waals surface area contributed by atoms with Crippen molar-refractivity contribution >= 4 is 0 Å². The van der Waals surface area contributed by atoms with Crippen LogP contribution in [-0.2, 0) is 4.74 Å². The summed E-state index contributed by atoms with van der Waals surface area (Å²) < 4.78 is 4.96. The van der Waals surface area contributed by atoms with E-state index in [1.807, 2.05) is 0 Å². The Hall–Kier alpha value is -0.160. The Kier molecular flexibility index (Phi) is 2.62. The molecular formula is C6H12O4. The van der Waals surface area contributed by atoms with Crippen molar-refractivity contribution in [2.75, 3.05) is 19.8 Å². The number of hydrogen-bond acceptors (Lipinski definition) is 4. The lowest BCUT2D eigenvalue weighted by Gasteiger charge is -2.14. The third-order valence-corrected chi connectivity index (χ3v) is 1.84. The van der Waals surface area contributed by atoms with Gasteiger partial charge in [-0.2, -0.15) is 0 Å². The summed E-state index contributed by atoms with van der Waals surface area (Å²) in [5.41, 5.74) is 0. The predicted octanol–water partition coefficient (Wildman–Crippen LogP) is -1.65. The monoisotopic (exact) mass is 148 g/mol. The first kappa shape index (κ1) is 7.94. The largest absolute Gasteiger partial charge is 0.396 e. The molecule has 0 aromatic rings. The van der Waals surface area contributed by atoms with E-state index in [2.05, 4.69) is 0 Å². The summed E-state index contributed by atoms with van der Waals surface area (Å²) in [7, 11) is 0. The van der Waals surface area contributed by atoms with Gasteiger partial charge >= 0.3 is 0 Å². The maximum absolute atomic E-state index is 9.09. The molecule has 3 N–H and O–H groups in total. The summed E-state index contributed by atoms with van der Waals surface area (Å²) in [4.78, 5) is 0. The SMILES string of the molecule is OC[C@H]1[C@@H](O)CO[C@@H]1CO. The van der Waals surface area contributed by atoms with E-state index in [0.29, 0.717) is 0 Å². The topological polar surface area (TPSA) is 69.9 Å². The van der Waals surface area contributed by atoms with Gasteiger partial charge in [0.2, 0.25) is 0 Å². The highest BCUT2D eigenvalue weighted by Gasteiger charge is 2.34. The molecule has 1 aliphatic heterocycles. The molecule has 0 bridgehead atoms. The molecule has 4 heteroatoms. The zero-order chi connectivity index (χ0) is 7.56. The first-order chi connectivity index (χ1) is 4.79. The minimum atomic E-state index is -0.623. The minimum Gasteiger partial charge on any atom is -0.396 e.